The minimum atomic E-state index is -0.0394. The SMILES string of the molecule is CN(CC1CCC1)c1nnnn1C1CCN(C(=O)c2ccco2)CC1. The molecule has 134 valence electrons. The summed E-state index contributed by atoms with van der Waals surface area (Å²) in [7, 11) is 2.07. The van der Waals surface area contributed by atoms with Crippen molar-refractivity contribution < 1.29 is 9.21 Å². The third-order valence-electron chi connectivity index (χ3n) is 5.40. The lowest BCUT2D eigenvalue weighted by Gasteiger charge is -2.33. The highest BCUT2D eigenvalue weighted by Gasteiger charge is 2.29. The fourth-order valence-electron chi connectivity index (χ4n) is 3.69. The molecular weight excluding hydrogens is 320 g/mol. The van der Waals surface area contributed by atoms with E-state index in [1.165, 1.54) is 25.5 Å². The van der Waals surface area contributed by atoms with E-state index in [0.717, 1.165) is 31.3 Å². The highest BCUT2D eigenvalue weighted by atomic mass is 16.3. The molecule has 4 rings (SSSR count). The van der Waals surface area contributed by atoms with Crippen LogP contribution in [0.1, 0.15) is 48.7 Å². The van der Waals surface area contributed by atoms with Crippen molar-refractivity contribution >= 4 is 11.9 Å². The van der Waals surface area contributed by atoms with Gasteiger partial charge in [0.1, 0.15) is 0 Å². The van der Waals surface area contributed by atoms with Crippen LogP contribution in [0.2, 0.25) is 0 Å². The van der Waals surface area contributed by atoms with Crippen molar-refractivity contribution in [3.63, 3.8) is 0 Å². The van der Waals surface area contributed by atoms with E-state index in [-0.39, 0.29) is 11.9 Å². The molecule has 0 unspecified atom stereocenters. The van der Waals surface area contributed by atoms with Crippen LogP contribution in [0.15, 0.2) is 22.8 Å². The molecule has 0 aromatic carbocycles. The predicted octanol–water partition coefficient (Wildman–Crippen LogP) is 1.98. The fourth-order valence-corrected chi connectivity index (χ4v) is 3.69. The lowest BCUT2D eigenvalue weighted by molar-refractivity contribution is 0.0657. The van der Waals surface area contributed by atoms with Crippen LogP contribution in [-0.4, -0.2) is 57.7 Å². The van der Waals surface area contributed by atoms with Crippen LogP contribution in [-0.2, 0) is 0 Å². The quantitative estimate of drug-likeness (QED) is 0.825. The van der Waals surface area contributed by atoms with Crippen molar-refractivity contribution in [2.45, 2.75) is 38.1 Å². The summed E-state index contributed by atoms with van der Waals surface area (Å²) in [4.78, 5) is 16.4. The Morgan fingerprint density at radius 1 is 1.32 bits per heavy atom. The van der Waals surface area contributed by atoms with Crippen LogP contribution in [0.4, 0.5) is 5.95 Å². The number of aromatic nitrogens is 4. The first kappa shape index (κ1) is 16.1. The second kappa shape index (κ2) is 6.85. The Labute approximate surface area is 146 Å². The predicted molar refractivity (Wildman–Crippen MR) is 91.3 cm³/mol. The van der Waals surface area contributed by atoms with Gasteiger partial charge in [-0.1, -0.05) is 11.5 Å². The Hall–Kier alpha value is -2.38. The number of furan rings is 1. The number of likely N-dealkylation sites (tertiary alicyclic amines) is 1. The number of nitrogens with zero attached hydrogens (tertiary/aromatic N) is 6. The van der Waals surface area contributed by atoms with E-state index in [1.807, 2.05) is 9.58 Å². The van der Waals surface area contributed by atoms with E-state index in [2.05, 4.69) is 27.5 Å². The third kappa shape index (κ3) is 3.25. The molecule has 0 N–H and O–H groups in total. The summed E-state index contributed by atoms with van der Waals surface area (Å²) in [6, 6.07) is 3.68. The van der Waals surface area contributed by atoms with Gasteiger partial charge in [-0.05, 0) is 54.2 Å². The van der Waals surface area contributed by atoms with Gasteiger partial charge in [-0.2, -0.15) is 0 Å². The number of carbonyl (C=O) groups excluding carboxylic acids is 1. The summed E-state index contributed by atoms with van der Waals surface area (Å²) >= 11 is 0. The molecule has 2 aliphatic rings. The molecule has 0 radical (unpaired) electrons. The smallest absolute Gasteiger partial charge is 0.289 e. The number of rotatable bonds is 5. The first-order valence-electron chi connectivity index (χ1n) is 9.04. The molecule has 3 heterocycles. The molecule has 8 nitrogen and oxygen atoms in total. The number of hydrogen-bond donors (Lipinski definition) is 0. The molecule has 1 saturated heterocycles. The topological polar surface area (TPSA) is 80.3 Å². The fraction of sp³-hybridized carbons (Fsp3) is 0.647. The zero-order valence-electron chi connectivity index (χ0n) is 14.5. The number of piperidine rings is 1. The maximum Gasteiger partial charge on any atom is 0.289 e. The van der Waals surface area contributed by atoms with Gasteiger partial charge >= 0.3 is 0 Å². The minimum absolute atomic E-state index is 0.0394. The van der Waals surface area contributed by atoms with E-state index in [1.54, 1.807) is 12.1 Å². The average Bonchev–Trinajstić information content (AvgIpc) is 3.28. The van der Waals surface area contributed by atoms with Gasteiger partial charge in [0, 0.05) is 26.7 Å². The van der Waals surface area contributed by atoms with Crippen molar-refractivity contribution in [1.82, 2.24) is 25.1 Å². The number of amides is 1. The normalized spacial score (nSPS) is 19.0. The van der Waals surface area contributed by atoms with E-state index < -0.39 is 0 Å². The van der Waals surface area contributed by atoms with E-state index >= 15 is 0 Å². The highest BCUT2D eigenvalue weighted by molar-refractivity contribution is 5.91. The highest BCUT2D eigenvalue weighted by Crippen LogP contribution is 2.30. The lowest BCUT2D eigenvalue weighted by Crippen LogP contribution is -2.40. The summed E-state index contributed by atoms with van der Waals surface area (Å²) in [6.07, 6.45) is 7.18. The first-order valence-corrected chi connectivity index (χ1v) is 9.04. The molecule has 0 atom stereocenters. The lowest BCUT2D eigenvalue weighted by atomic mass is 9.85. The van der Waals surface area contributed by atoms with E-state index in [9.17, 15) is 4.79 Å². The summed E-state index contributed by atoms with van der Waals surface area (Å²) in [6.45, 7) is 2.39. The zero-order valence-corrected chi connectivity index (χ0v) is 14.5. The molecule has 1 saturated carbocycles. The van der Waals surface area contributed by atoms with Gasteiger partial charge in [0.15, 0.2) is 5.76 Å². The van der Waals surface area contributed by atoms with Gasteiger partial charge in [-0.25, -0.2) is 4.68 Å². The van der Waals surface area contributed by atoms with Crippen LogP contribution >= 0.6 is 0 Å². The Kier molecular flexibility index (Phi) is 4.42. The average molecular weight is 344 g/mol. The van der Waals surface area contributed by atoms with Crippen LogP contribution < -0.4 is 4.90 Å². The third-order valence-corrected chi connectivity index (χ3v) is 5.40. The van der Waals surface area contributed by atoms with Crippen molar-refractivity contribution in [3.05, 3.63) is 24.2 Å². The van der Waals surface area contributed by atoms with Crippen LogP contribution in [0.5, 0.6) is 0 Å². The van der Waals surface area contributed by atoms with Crippen LogP contribution in [0, 0.1) is 5.92 Å². The van der Waals surface area contributed by atoms with E-state index in [0.29, 0.717) is 18.8 Å². The maximum absolute atomic E-state index is 12.4. The second-order valence-corrected chi connectivity index (χ2v) is 7.10. The molecular formula is C17H24N6O2. The Bertz CT molecular complexity index is 701. The first-order chi connectivity index (χ1) is 12.2. The second-order valence-electron chi connectivity index (χ2n) is 7.10. The molecule has 8 heteroatoms. The molecule has 1 amide bonds. The Balaban J connectivity index is 1.38. The number of hydrogen-bond acceptors (Lipinski definition) is 6. The molecule has 1 aliphatic carbocycles. The zero-order chi connectivity index (χ0) is 17.2. The van der Waals surface area contributed by atoms with Gasteiger partial charge in [0.2, 0.25) is 5.95 Å². The molecule has 2 fully saturated rings. The Morgan fingerprint density at radius 2 is 2.12 bits per heavy atom. The van der Waals surface area contributed by atoms with Gasteiger partial charge < -0.3 is 14.2 Å². The van der Waals surface area contributed by atoms with Crippen molar-refractivity contribution in [3.8, 4) is 0 Å². The van der Waals surface area contributed by atoms with Crippen LogP contribution in [0.3, 0.4) is 0 Å². The number of carbonyl (C=O) groups is 1. The number of tetrazole rings is 1. The molecule has 0 bridgehead atoms. The van der Waals surface area contributed by atoms with Gasteiger partial charge in [-0.3, -0.25) is 4.79 Å². The Morgan fingerprint density at radius 3 is 2.76 bits per heavy atom. The standard InChI is InChI=1S/C17H24N6O2/c1-21(12-13-4-2-5-13)17-18-19-20-23(17)14-7-9-22(10-8-14)16(24)15-6-3-11-25-15/h3,6,11,13-14H,2,4-5,7-10,12H2,1H3. The van der Waals surface area contributed by atoms with Gasteiger partial charge in [0.25, 0.3) is 5.91 Å². The van der Waals surface area contributed by atoms with Crippen LogP contribution in [0.25, 0.3) is 0 Å². The maximum atomic E-state index is 12.4. The summed E-state index contributed by atoms with van der Waals surface area (Å²) in [5.41, 5.74) is 0. The minimum Gasteiger partial charge on any atom is -0.459 e. The van der Waals surface area contributed by atoms with Gasteiger partial charge in [-0.15, -0.1) is 0 Å². The molecule has 2 aromatic rings. The molecule has 1 aliphatic heterocycles. The number of anilines is 1. The summed E-state index contributed by atoms with van der Waals surface area (Å²) in [5, 5.41) is 12.3. The van der Waals surface area contributed by atoms with Crippen molar-refractivity contribution in [2.75, 3.05) is 31.6 Å². The largest absolute Gasteiger partial charge is 0.459 e. The van der Waals surface area contributed by atoms with Crippen molar-refractivity contribution in [1.29, 1.82) is 0 Å². The monoisotopic (exact) mass is 344 g/mol. The summed E-state index contributed by atoms with van der Waals surface area (Å²) < 4.78 is 7.15. The summed E-state index contributed by atoms with van der Waals surface area (Å²) in [5.74, 6) is 1.97. The molecule has 25 heavy (non-hydrogen) atoms. The van der Waals surface area contributed by atoms with Crippen molar-refractivity contribution in [2.24, 2.45) is 5.92 Å². The molecule has 2 aromatic heterocycles. The van der Waals surface area contributed by atoms with E-state index in [4.69, 9.17) is 4.42 Å². The van der Waals surface area contributed by atoms with Gasteiger partial charge in [0.05, 0.1) is 12.3 Å². The molecule has 0 spiro atoms.